The fourth-order valence-corrected chi connectivity index (χ4v) is 4.45. The minimum absolute atomic E-state index is 0.124. The largest absolute Gasteiger partial charge is 0.393 e. The van der Waals surface area contributed by atoms with E-state index in [1.165, 1.54) is 50.7 Å². The van der Waals surface area contributed by atoms with Crippen molar-refractivity contribution in [1.29, 1.82) is 0 Å². The molecule has 1 atom stereocenters. The Balaban J connectivity index is 2.53. The number of esters is 2. The first-order valence-corrected chi connectivity index (χ1v) is 13.4. The van der Waals surface area contributed by atoms with Crippen LogP contribution in [0, 0.1) is 0 Å². The highest BCUT2D eigenvalue weighted by atomic mass is 32.2. The van der Waals surface area contributed by atoms with Gasteiger partial charge < -0.3 is 19.1 Å². The average Bonchev–Trinajstić information content (AvgIpc) is 2.83. The predicted molar refractivity (Wildman–Crippen MR) is 129 cm³/mol. The van der Waals surface area contributed by atoms with Gasteiger partial charge in [0, 0.05) is 12.2 Å². The number of aliphatic hydroxyl groups is 2. The fourth-order valence-electron chi connectivity index (χ4n) is 3.35. The van der Waals surface area contributed by atoms with Gasteiger partial charge in [0.2, 0.25) is 0 Å². The summed E-state index contributed by atoms with van der Waals surface area (Å²) in [5, 5.41) is 17.6. The normalized spacial score (nSPS) is 12.4. The molecule has 0 aliphatic heterocycles. The molecule has 1 unspecified atom stereocenters. The SMILES string of the molecule is CCCCCCCCCCCCc1ccccc1S(=O)(=O)OC(=O)/C=C\C(=O)OC(=O)C(O)CO. The van der Waals surface area contributed by atoms with Crippen molar-refractivity contribution in [2.45, 2.75) is 88.6 Å². The number of hydrogen-bond donors (Lipinski definition) is 2. The molecule has 0 spiro atoms. The van der Waals surface area contributed by atoms with E-state index >= 15 is 0 Å². The van der Waals surface area contributed by atoms with Crippen molar-refractivity contribution < 1.29 is 41.9 Å². The van der Waals surface area contributed by atoms with Crippen LogP contribution in [0.5, 0.6) is 0 Å². The highest BCUT2D eigenvalue weighted by Crippen LogP contribution is 2.21. The Labute approximate surface area is 207 Å². The quantitative estimate of drug-likeness (QED) is 0.105. The van der Waals surface area contributed by atoms with Crippen molar-refractivity contribution in [3.8, 4) is 0 Å². The van der Waals surface area contributed by atoms with Crippen LogP contribution >= 0.6 is 0 Å². The number of ether oxygens (including phenoxy) is 1. The van der Waals surface area contributed by atoms with E-state index < -0.39 is 40.7 Å². The van der Waals surface area contributed by atoms with Crippen LogP contribution in [-0.2, 0) is 39.8 Å². The van der Waals surface area contributed by atoms with Crippen LogP contribution in [0.15, 0.2) is 41.3 Å². The molecule has 0 amide bonds. The van der Waals surface area contributed by atoms with Crippen LogP contribution in [0.3, 0.4) is 0 Å². The highest BCUT2D eigenvalue weighted by molar-refractivity contribution is 7.87. The molecule has 0 saturated heterocycles. The summed E-state index contributed by atoms with van der Waals surface area (Å²) in [6.45, 7) is 1.25. The van der Waals surface area contributed by atoms with E-state index in [9.17, 15) is 22.8 Å². The van der Waals surface area contributed by atoms with Crippen LogP contribution in [0.4, 0.5) is 0 Å². The van der Waals surface area contributed by atoms with E-state index in [1.807, 2.05) is 0 Å². The van der Waals surface area contributed by atoms with Crippen molar-refractivity contribution in [3.05, 3.63) is 42.0 Å². The lowest BCUT2D eigenvalue weighted by molar-refractivity contribution is -0.164. The van der Waals surface area contributed by atoms with Crippen molar-refractivity contribution in [2.24, 2.45) is 0 Å². The molecule has 1 rings (SSSR count). The fraction of sp³-hybridized carbons (Fsp3) is 0.560. The van der Waals surface area contributed by atoms with Crippen molar-refractivity contribution in [2.75, 3.05) is 6.61 Å². The van der Waals surface area contributed by atoms with Crippen LogP contribution in [-0.4, -0.2) is 49.2 Å². The molecule has 1 aromatic carbocycles. The smallest absolute Gasteiger partial charge is 0.347 e. The summed E-state index contributed by atoms with van der Waals surface area (Å²) in [5.74, 6) is -4.10. The van der Waals surface area contributed by atoms with Gasteiger partial charge in [-0.15, -0.1) is 0 Å². The average molecular weight is 513 g/mol. The molecule has 0 heterocycles. The van der Waals surface area contributed by atoms with Gasteiger partial charge in [0.15, 0.2) is 6.10 Å². The third kappa shape index (κ3) is 12.6. The van der Waals surface area contributed by atoms with Crippen LogP contribution < -0.4 is 0 Å². The van der Waals surface area contributed by atoms with Crippen molar-refractivity contribution in [1.82, 2.24) is 0 Å². The Hall–Kier alpha value is -2.56. The van der Waals surface area contributed by atoms with E-state index in [0.29, 0.717) is 24.1 Å². The van der Waals surface area contributed by atoms with Gasteiger partial charge in [-0.3, -0.25) is 0 Å². The Morgan fingerprint density at radius 2 is 1.43 bits per heavy atom. The minimum Gasteiger partial charge on any atom is -0.393 e. The van der Waals surface area contributed by atoms with E-state index in [1.54, 1.807) is 12.1 Å². The van der Waals surface area contributed by atoms with Crippen LogP contribution in [0.25, 0.3) is 0 Å². The van der Waals surface area contributed by atoms with Gasteiger partial charge in [0.05, 0.1) is 6.61 Å². The number of benzene rings is 1. The summed E-state index contributed by atoms with van der Waals surface area (Å²) in [6.07, 6.45) is 11.1. The number of aliphatic hydroxyl groups excluding tert-OH is 2. The molecule has 0 bridgehead atoms. The highest BCUT2D eigenvalue weighted by Gasteiger charge is 2.23. The van der Waals surface area contributed by atoms with Gasteiger partial charge in [0.1, 0.15) is 4.90 Å². The maximum absolute atomic E-state index is 12.6. The molecule has 0 saturated carbocycles. The zero-order valence-corrected chi connectivity index (χ0v) is 21.0. The maximum atomic E-state index is 12.6. The molecule has 35 heavy (non-hydrogen) atoms. The van der Waals surface area contributed by atoms with Crippen molar-refractivity contribution >= 4 is 28.0 Å². The second-order valence-corrected chi connectivity index (χ2v) is 9.68. The number of unbranched alkanes of at least 4 members (excludes halogenated alkanes) is 9. The molecule has 196 valence electrons. The third-order valence-corrected chi connectivity index (χ3v) is 6.56. The summed E-state index contributed by atoms with van der Waals surface area (Å²) in [5.41, 5.74) is 0.534. The summed E-state index contributed by atoms with van der Waals surface area (Å²) in [6, 6.07) is 6.25. The van der Waals surface area contributed by atoms with E-state index in [-0.39, 0.29) is 4.90 Å². The molecular formula is C25H36O9S. The molecular weight excluding hydrogens is 476 g/mol. The Morgan fingerprint density at radius 1 is 0.886 bits per heavy atom. The Kier molecular flexibility index (Phi) is 14.8. The Morgan fingerprint density at radius 3 is 2.03 bits per heavy atom. The molecule has 2 N–H and O–H groups in total. The number of hydrogen-bond acceptors (Lipinski definition) is 9. The Bertz CT molecular complexity index is 938. The monoisotopic (exact) mass is 512 g/mol. The molecule has 0 radical (unpaired) electrons. The number of carbonyl (C=O) groups is 3. The molecule has 1 aromatic rings. The van der Waals surface area contributed by atoms with Gasteiger partial charge in [-0.2, -0.15) is 8.42 Å². The first kappa shape index (κ1) is 30.5. The zero-order chi connectivity index (χ0) is 26.1. The molecule has 0 aromatic heterocycles. The minimum atomic E-state index is -4.43. The number of rotatable bonds is 17. The first-order valence-electron chi connectivity index (χ1n) is 12.0. The number of carbonyl (C=O) groups excluding carboxylic acids is 3. The van der Waals surface area contributed by atoms with Gasteiger partial charge >= 0.3 is 28.0 Å². The van der Waals surface area contributed by atoms with Gasteiger partial charge in [-0.1, -0.05) is 82.9 Å². The summed E-state index contributed by atoms with van der Waals surface area (Å²) >= 11 is 0. The van der Waals surface area contributed by atoms with Crippen molar-refractivity contribution in [3.63, 3.8) is 0 Å². The molecule has 0 aliphatic rings. The summed E-state index contributed by atoms with van der Waals surface area (Å²) in [7, 11) is -4.43. The number of aryl methyl sites for hydroxylation is 1. The molecule has 9 nitrogen and oxygen atoms in total. The maximum Gasteiger partial charge on any atom is 0.347 e. The summed E-state index contributed by atoms with van der Waals surface area (Å²) in [4.78, 5) is 34.4. The zero-order valence-electron chi connectivity index (χ0n) is 20.2. The third-order valence-electron chi connectivity index (χ3n) is 5.24. The standard InChI is InChI=1S/C25H36O9S/c1-2-3-4-5-6-7-8-9-10-11-14-20-15-12-13-16-22(20)35(31,32)34-24(29)18-17-23(28)33-25(30)21(27)19-26/h12-13,15-18,21,26-27H,2-11,14,19H2,1H3/b18-17-. The van der Waals surface area contributed by atoms with Gasteiger partial charge in [-0.05, 0) is 24.5 Å². The molecule has 0 fully saturated rings. The lowest BCUT2D eigenvalue weighted by atomic mass is 10.0. The lowest BCUT2D eigenvalue weighted by Gasteiger charge is -2.10. The predicted octanol–water partition coefficient (Wildman–Crippen LogP) is 3.36. The van der Waals surface area contributed by atoms with Gasteiger partial charge in [0.25, 0.3) is 0 Å². The second-order valence-electron chi connectivity index (χ2n) is 8.17. The van der Waals surface area contributed by atoms with Gasteiger partial charge in [-0.25, -0.2) is 14.4 Å². The van der Waals surface area contributed by atoms with E-state index in [4.69, 9.17) is 10.2 Å². The lowest BCUT2D eigenvalue weighted by Crippen LogP contribution is -2.28. The topological polar surface area (TPSA) is 144 Å². The van der Waals surface area contributed by atoms with Crippen LogP contribution in [0.1, 0.15) is 76.7 Å². The first-order chi connectivity index (χ1) is 16.7. The summed E-state index contributed by atoms with van der Waals surface area (Å²) < 4.78 is 33.9. The van der Waals surface area contributed by atoms with Crippen LogP contribution in [0.2, 0.25) is 0 Å². The van der Waals surface area contributed by atoms with E-state index in [0.717, 1.165) is 25.7 Å². The molecule has 0 aliphatic carbocycles. The molecule has 10 heteroatoms. The van der Waals surface area contributed by atoms with E-state index in [2.05, 4.69) is 15.8 Å². The second kappa shape index (κ2) is 17.0.